The summed E-state index contributed by atoms with van der Waals surface area (Å²) in [6, 6.07) is 0. The van der Waals surface area contributed by atoms with Crippen LogP contribution < -0.4 is 0 Å². The molecule has 4 rings (SSSR count). The number of carbonyl (C=O) groups excluding carboxylic acids is 5. The van der Waals surface area contributed by atoms with E-state index in [1.54, 1.807) is 6.92 Å². The van der Waals surface area contributed by atoms with Crippen LogP contribution in [0.4, 0.5) is 0 Å². The van der Waals surface area contributed by atoms with Crippen molar-refractivity contribution in [1.82, 2.24) is 0 Å². The fourth-order valence-corrected chi connectivity index (χ4v) is 9.10. The lowest BCUT2D eigenvalue weighted by Crippen LogP contribution is -2.55. The van der Waals surface area contributed by atoms with Gasteiger partial charge in [-0.25, -0.2) is 0 Å². The molecule has 9 nitrogen and oxygen atoms in total. The van der Waals surface area contributed by atoms with Gasteiger partial charge in [-0.2, -0.15) is 0 Å². The number of fused-ring (bicyclic) bond motifs is 5. The van der Waals surface area contributed by atoms with E-state index in [1.807, 2.05) is 6.92 Å². The smallest absolute Gasteiger partial charge is 0.306 e. The number of ether oxygens (including phenoxy) is 4. The minimum Gasteiger partial charge on any atom is -0.466 e. The van der Waals surface area contributed by atoms with Crippen LogP contribution in [0.1, 0.15) is 99.8 Å². The minimum absolute atomic E-state index is 0.0326. The monoisotopic (exact) mass is 588 g/mol. The molecular formula is C33H48O9. The van der Waals surface area contributed by atoms with E-state index in [0.717, 1.165) is 31.3 Å². The molecule has 0 radical (unpaired) electrons. The Balaban J connectivity index is 1.53. The number of rotatable bonds is 9. The van der Waals surface area contributed by atoms with Crippen molar-refractivity contribution >= 4 is 29.7 Å². The second-order valence-corrected chi connectivity index (χ2v) is 13.7. The van der Waals surface area contributed by atoms with Gasteiger partial charge in [-0.3, -0.25) is 24.0 Å². The van der Waals surface area contributed by atoms with E-state index in [-0.39, 0.29) is 65.3 Å². The van der Waals surface area contributed by atoms with E-state index in [0.29, 0.717) is 31.1 Å². The molecule has 0 bridgehead atoms. The van der Waals surface area contributed by atoms with Crippen LogP contribution in [0.25, 0.3) is 0 Å². The van der Waals surface area contributed by atoms with Crippen molar-refractivity contribution < 1.29 is 42.9 Å². The van der Waals surface area contributed by atoms with Crippen LogP contribution in [-0.4, -0.2) is 54.6 Å². The zero-order valence-corrected chi connectivity index (χ0v) is 26.2. The summed E-state index contributed by atoms with van der Waals surface area (Å²) in [5.74, 6) is -0.866. The van der Waals surface area contributed by atoms with Gasteiger partial charge in [-0.05, 0) is 91.9 Å². The first-order valence-electron chi connectivity index (χ1n) is 15.6. The van der Waals surface area contributed by atoms with E-state index in [4.69, 9.17) is 18.9 Å². The van der Waals surface area contributed by atoms with Gasteiger partial charge < -0.3 is 18.9 Å². The third-order valence-electron chi connectivity index (χ3n) is 10.9. The highest BCUT2D eigenvalue weighted by molar-refractivity contribution is 5.81. The Kier molecular flexibility index (Phi) is 9.58. The summed E-state index contributed by atoms with van der Waals surface area (Å²) in [5.41, 5.74) is 0.554. The predicted molar refractivity (Wildman–Crippen MR) is 153 cm³/mol. The van der Waals surface area contributed by atoms with Gasteiger partial charge in [0.1, 0.15) is 18.0 Å². The van der Waals surface area contributed by atoms with Crippen molar-refractivity contribution in [3.8, 4) is 0 Å². The maximum Gasteiger partial charge on any atom is 0.306 e. The lowest BCUT2D eigenvalue weighted by atomic mass is 9.47. The third kappa shape index (κ3) is 6.30. The van der Waals surface area contributed by atoms with E-state index in [9.17, 15) is 24.0 Å². The number of ketones is 1. The Morgan fingerprint density at radius 3 is 2.19 bits per heavy atom. The van der Waals surface area contributed by atoms with Gasteiger partial charge in [0.2, 0.25) is 0 Å². The van der Waals surface area contributed by atoms with Crippen LogP contribution in [0.3, 0.4) is 0 Å². The summed E-state index contributed by atoms with van der Waals surface area (Å²) in [6.45, 7) is 12.4. The molecule has 0 saturated heterocycles. The van der Waals surface area contributed by atoms with E-state index < -0.39 is 24.3 Å². The van der Waals surface area contributed by atoms with Gasteiger partial charge in [0.15, 0.2) is 6.10 Å². The molecule has 0 heterocycles. The van der Waals surface area contributed by atoms with Crippen LogP contribution in [0.2, 0.25) is 0 Å². The third-order valence-corrected chi connectivity index (χ3v) is 10.9. The quantitative estimate of drug-likeness (QED) is 0.205. The second kappa shape index (κ2) is 12.5. The molecule has 4 aliphatic carbocycles. The summed E-state index contributed by atoms with van der Waals surface area (Å²) in [4.78, 5) is 61.0. The first-order valence-corrected chi connectivity index (χ1v) is 15.6. The van der Waals surface area contributed by atoms with Crippen LogP contribution >= 0.6 is 0 Å². The predicted octanol–water partition coefficient (Wildman–Crippen LogP) is 5.13. The van der Waals surface area contributed by atoms with Gasteiger partial charge in [0.25, 0.3) is 0 Å². The Hall–Kier alpha value is -2.71. The van der Waals surface area contributed by atoms with Crippen molar-refractivity contribution in [3.63, 3.8) is 0 Å². The molecule has 4 aliphatic rings. The largest absolute Gasteiger partial charge is 0.466 e. The van der Waals surface area contributed by atoms with Gasteiger partial charge in [-0.1, -0.05) is 26.8 Å². The Morgan fingerprint density at radius 1 is 0.881 bits per heavy atom. The molecule has 9 heteroatoms. The van der Waals surface area contributed by atoms with Gasteiger partial charge in [-0.15, -0.1) is 0 Å². The fraction of sp³-hybridized carbons (Fsp3) is 0.788. The highest BCUT2D eigenvalue weighted by atomic mass is 16.6. The molecule has 0 aromatic heterocycles. The molecule has 0 unspecified atom stereocenters. The number of carbonyl (C=O) groups is 5. The molecule has 0 aromatic carbocycles. The molecule has 10 atom stereocenters. The Bertz CT molecular complexity index is 1130. The first kappa shape index (κ1) is 32.2. The molecule has 42 heavy (non-hydrogen) atoms. The summed E-state index contributed by atoms with van der Waals surface area (Å²) >= 11 is 0. The lowest BCUT2D eigenvalue weighted by molar-refractivity contribution is -0.170. The second-order valence-electron chi connectivity index (χ2n) is 13.7. The zero-order valence-electron chi connectivity index (χ0n) is 26.2. The molecule has 0 amide bonds. The standard InChI is InChI=1S/C33H48O9/c1-18(17-39-20(3)35)8-11-29(38)42-28-16-26-23-9-10-25-31(41-22(5)37)27(40-21(4)36)13-15-32(25,6)24(23)12-14-33(26,7)30(28)19(2)34/h10,18,23-24,26-28,30-31H,8-9,11-17H2,1-7H3/t18-,23-,24+,26+,27+,28+,30+,31-,32-,33+/m1/s1. The molecular weight excluding hydrogens is 540 g/mol. The minimum atomic E-state index is -0.593. The molecule has 0 aliphatic heterocycles. The van der Waals surface area contributed by atoms with Crippen molar-refractivity contribution in [3.05, 3.63) is 11.6 Å². The zero-order chi connectivity index (χ0) is 31.0. The average Bonchev–Trinajstić information content (AvgIpc) is 3.19. The van der Waals surface area contributed by atoms with E-state index >= 15 is 0 Å². The summed E-state index contributed by atoms with van der Waals surface area (Å²) < 4.78 is 22.5. The molecule has 3 saturated carbocycles. The van der Waals surface area contributed by atoms with Crippen molar-refractivity contribution in [2.24, 2.45) is 40.4 Å². The molecule has 0 N–H and O–H groups in total. The number of esters is 4. The average molecular weight is 589 g/mol. The van der Waals surface area contributed by atoms with Crippen molar-refractivity contribution in [2.45, 2.75) is 118 Å². The topological polar surface area (TPSA) is 122 Å². The van der Waals surface area contributed by atoms with Crippen LogP contribution in [0, 0.1) is 40.4 Å². The van der Waals surface area contributed by atoms with Crippen LogP contribution in [-0.2, 0) is 42.9 Å². The lowest BCUT2D eigenvalue weighted by Gasteiger charge is -2.58. The van der Waals surface area contributed by atoms with Gasteiger partial charge >= 0.3 is 23.9 Å². The maximum absolute atomic E-state index is 13.1. The summed E-state index contributed by atoms with van der Waals surface area (Å²) in [7, 11) is 0. The van der Waals surface area contributed by atoms with Gasteiger partial charge in [0, 0.05) is 27.2 Å². The van der Waals surface area contributed by atoms with Crippen molar-refractivity contribution in [1.29, 1.82) is 0 Å². The Labute approximate surface area is 249 Å². The molecule has 0 aromatic rings. The van der Waals surface area contributed by atoms with Crippen LogP contribution in [0.15, 0.2) is 11.6 Å². The number of hydrogen-bond acceptors (Lipinski definition) is 9. The first-order chi connectivity index (χ1) is 19.7. The fourth-order valence-electron chi connectivity index (χ4n) is 9.10. The Morgan fingerprint density at radius 2 is 1.57 bits per heavy atom. The van der Waals surface area contributed by atoms with Gasteiger partial charge in [0.05, 0.1) is 12.5 Å². The normalized spacial score (nSPS) is 37.6. The summed E-state index contributed by atoms with van der Waals surface area (Å²) in [5, 5.41) is 0. The molecule has 0 spiro atoms. The molecule has 3 fully saturated rings. The number of hydrogen-bond donors (Lipinski definition) is 0. The van der Waals surface area contributed by atoms with E-state index in [1.165, 1.54) is 20.8 Å². The van der Waals surface area contributed by atoms with Crippen molar-refractivity contribution in [2.75, 3.05) is 6.61 Å². The summed E-state index contributed by atoms with van der Waals surface area (Å²) in [6.07, 6.45) is 6.04. The highest BCUT2D eigenvalue weighted by Gasteiger charge is 2.64. The number of Topliss-reactive ketones (excluding diaryl/α,β-unsaturated/α-hetero) is 1. The maximum atomic E-state index is 13.1. The van der Waals surface area contributed by atoms with Crippen LogP contribution in [0.5, 0.6) is 0 Å². The SMILES string of the molecule is CC(=O)OC[C@H](C)CCC(=O)O[C@H]1C[C@H]2[C@@H]3CC=C4[C@@H](OC(C)=O)[C@@H](OC(C)=O)CC[C@]4(C)[C@H]3CC[C@]2(C)[C@H]1C(C)=O. The molecule has 234 valence electrons. The van der Waals surface area contributed by atoms with E-state index in [2.05, 4.69) is 19.9 Å². The number of allylic oxidation sites excluding steroid dienone is 1. The highest BCUT2D eigenvalue weighted by Crippen LogP contribution is 2.67.